The van der Waals surface area contributed by atoms with E-state index in [1.165, 1.54) is 5.57 Å². The molecule has 0 aromatic heterocycles. The zero-order chi connectivity index (χ0) is 13.8. The lowest BCUT2D eigenvalue weighted by molar-refractivity contribution is 0.0765. The number of benzene rings is 1. The normalized spacial score (nSPS) is 15.3. The molecule has 2 rings (SSSR count). The molecule has 1 heterocycles. The van der Waals surface area contributed by atoms with Gasteiger partial charge < -0.3 is 15.4 Å². The van der Waals surface area contributed by atoms with Gasteiger partial charge in [0, 0.05) is 25.8 Å². The van der Waals surface area contributed by atoms with Gasteiger partial charge in [-0.1, -0.05) is 17.7 Å². The van der Waals surface area contributed by atoms with Gasteiger partial charge in [0.15, 0.2) is 0 Å². The van der Waals surface area contributed by atoms with Crippen molar-refractivity contribution in [1.29, 1.82) is 0 Å². The molecule has 2 N–H and O–H groups in total. The third-order valence-corrected chi connectivity index (χ3v) is 3.51. The third-order valence-electron chi connectivity index (χ3n) is 3.16. The van der Waals surface area contributed by atoms with Crippen LogP contribution in [-0.4, -0.2) is 37.6 Å². The quantitative estimate of drug-likeness (QED) is 0.683. The van der Waals surface area contributed by atoms with Gasteiger partial charge >= 0.3 is 0 Å². The molecule has 1 aromatic rings. The Hall–Kier alpha value is -1.52. The number of rotatable bonds is 3. The molecular formula is C14H17ClN2O2. The predicted molar refractivity (Wildman–Crippen MR) is 76.3 cm³/mol. The van der Waals surface area contributed by atoms with Crippen LogP contribution in [0.2, 0.25) is 5.02 Å². The first-order valence-electron chi connectivity index (χ1n) is 6.13. The standard InChI is InChI=1S/C14H17ClN2O2/c1-19-9-10-4-6-17(7-5-10)14(18)11-2-3-12(15)13(16)8-11/h2-4,8H,5-7,9,16H2,1H3. The van der Waals surface area contributed by atoms with Gasteiger partial charge in [0.2, 0.25) is 0 Å². The number of ether oxygens (including phenoxy) is 1. The lowest BCUT2D eigenvalue weighted by Crippen LogP contribution is -2.35. The van der Waals surface area contributed by atoms with Crippen molar-refractivity contribution in [3.8, 4) is 0 Å². The Morgan fingerprint density at radius 1 is 1.53 bits per heavy atom. The van der Waals surface area contributed by atoms with Crippen LogP contribution in [-0.2, 0) is 4.74 Å². The summed E-state index contributed by atoms with van der Waals surface area (Å²) in [4.78, 5) is 14.1. The Morgan fingerprint density at radius 2 is 2.32 bits per heavy atom. The van der Waals surface area contributed by atoms with E-state index in [0.29, 0.717) is 36.0 Å². The first kappa shape index (κ1) is 13.9. The zero-order valence-electron chi connectivity index (χ0n) is 10.9. The summed E-state index contributed by atoms with van der Waals surface area (Å²) in [5.41, 5.74) is 7.96. The molecule has 0 atom stereocenters. The fourth-order valence-corrected chi connectivity index (χ4v) is 2.19. The number of nitrogens with two attached hydrogens (primary N) is 1. The number of amides is 1. The van der Waals surface area contributed by atoms with Gasteiger partial charge in [0.25, 0.3) is 5.91 Å². The molecule has 0 spiro atoms. The smallest absolute Gasteiger partial charge is 0.254 e. The Kier molecular flexibility index (Phi) is 4.45. The van der Waals surface area contributed by atoms with Crippen LogP contribution in [0.25, 0.3) is 0 Å². The molecule has 1 amide bonds. The van der Waals surface area contributed by atoms with Crippen LogP contribution in [0.3, 0.4) is 0 Å². The van der Waals surface area contributed by atoms with E-state index in [9.17, 15) is 4.79 Å². The van der Waals surface area contributed by atoms with Crippen LogP contribution in [0.1, 0.15) is 16.8 Å². The van der Waals surface area contributed by atoms with E-state index in [-0.39, 0.29) is 5.91 Å². The van der Waals surface area contributed by atoms with E-state index in [0.717, 1.165) is 6.42 Å². The minimum atomic E-state index is -0.0175. The average Bonchev–Trinajstić information content (AvgIpc) is 2.42. The number of nitrogens with zero attached hydrogens (tertiary/aromatic N) is 1. The molecule has 1 aliphatic rings. The highest BCUT2D eigenvalue weighted by Gasteiger charge is 2.19. The van der Waals surface area contributed by atoms with Gasteiger partial charge in [0.05, 0.1) is 17.3 Å². The van der Waals surface area contributed by atoms with E-state index >= 15 is 0 Å². The predicted octanol–water partition coefficient (Wildman–Crippen LogP) is 2.34. The largest absolute Gasteiger partial charge is 0.398 e. The molecule has 0 bridgehead atoms. The Bertz CT molecular complexity index is 514. The van der Waals surface area contributed by atoms with Crippen molar-refractivity contribution in [3.63, 3.8) is 0 Å². The number of nitrogen functional groups attached to an aromatic ring is 1. The molecule has 19 heavy (non-hydrogen) atoms. The SMILES string of the molecule is COCC1=CCN(C(=O)c2ccc(Cl)c(N)c2)CC1. The molecule has 0 radical (unpaired) electrons. The van der Waals surface area contributed by atoms with E-state index < -0.39 is 0 Å². The molecule has 0 fully saturated rings. The molecule has 4 nitrogen and oxygen atoms in total. The summed E-state index contributed by atoms with van der Waals surface area (Å²) < 4.78 is 5.09. The van der Waals surface area contributed by atoms with Gasteiger partial charge in [-0.05, 0) is 30.2 Å². The van der Waals surface area contributed by atoms with Crippen LogP contribution in [0.5, 0.6) is 0 Å². The zero-order valence-corrected chi connectivity index (χ0v) is 11.6. The van der Waals surface area contributed by atoms with Crippen LogP contribution in [0.4, 0.5) is 5.69 Å². The topological polar surface area (TPSA) is 55.6 Å². The minimum Gasteiger partial charge on any atom is -0.398 e. The van der Waals surface area contributed by atoms with Crippen molar-refractivity contribution in [2.75, 3.05) is 32.5 Å². The average molecular weight is 281 g/mol. The third kappa shape index (κ3) is 3.28. The molecule has 102 valence electrons. The second-order valence-corrected chi connectivity index (χ2v) is 4.94. The number of methoxy groups -OCH3 is 1. The maximum absolute atomic E-state index is 12.3. The highest BCUT2D eigenvalue weighted by atomic mass is 35.5. The van der Waals surface area contributed by atoms with Gasteiger partial charge in [-0.15, -0.1) is 0 Å². The number of carbonyl (C=O) groups is 1. The lowest BCUT2D eigenvalue weighted by atomic mass is 10.1. The van der Waals surface area contributed by atoms with Crippen molar-refractivity contribution in [2.45, 2.75) is 6.42 Å². The molecule has 1 aromatic carbocycles. The number of carbonyl (C=O) groups excluding carboxylic acids is 1. The summed E-state index contributed by atoms with van der Waals surface area (Å²) in [6.45, 7) is 1.95. The summed E-state index contributed by atoms with van der Waals surface area (Å²) in [7, 11) is 1.68. The van der Waals surface area contributed by atoms with E-state index in [2.05, 4.69) is 0 Å². The maximum Gasteiger partial charge on any atom is 0.254 e. The van der Waals surface area contributed by atoms with E-state index in [1.807, 2.05) is 6.08 Å². The number of halogens is 1. The van der Waals surface area contributed by atoms with Crippen LogP contribution < -0.4 is 5.73 Å². The van der Waals surface area contributed by atoms with Crippen LogP contribution in [0, 0.1) is 0 Å². The highest BCUT2D eigenvalue weighted by molar-refractivity contribution is 6.33. The fraction of sp³-hybridized carbons (Fsp3) is 0.357. The van der Waals surface area contributed by atoms with Crippen LogP contribution >= 0.6 is 11.6 Å². The molecule has 5 heteroatoms. The number of hydrogen-bond donors (Lipinski definition) is 1. The molecule has 0 unspecified atom stereocenters. The first-order valence-corrected chi connectivity index (χ1v) is 6.50. The monoisotopic (exact) mass is 280 g/mol. The second kappa shape index (κ2) is 6.08. The summed E-state index contributed by atoms with van der Waals surface area (Å²) in [5.74, 6) is -0.0175. The number of anilines is 1. The highest BCUT2D eigenvalue weighted by Crippen LogP contribution is 2.21. The van der Waals surface area contributed by atoms with Crippen molar-refractivity contribution in [2.24, 2.45) is 0 Å². The van der Waals surface area contributed by atoms with E-state index in [1.54, 1.807) is 30.2 Å². The molecule has 1 aliphatic heterocycles. The number of hydrogen-bond acceptors (Lipinski definition) is 3. The van der Waals surface area contributed by atoms with E-state index in [4.69, 9.17) is 22.1 Å². The van der Waals surface area contributed by atoms with Gasteiger partial charge in [0.1, 0.15) is 0 Å². The maximum atomic E-state index is 12.3. The first-order chi connectivity index (χ1) is 9.11. The Morgan fingerprint density at radius 3 is 2.89 bits per heavy atom. The molecular weight excluding hydrogens is 264 g/mol. The van der Waals surface area contributed by atoms with Crippen molar-refractivity contribution >= 4 is 23.2 Å². The Balaban J connectivity index is 2.07. The summed E-state index contributed by atoms with van der Waals surface area (Å²) in [5, 5.41) is 0.470. The van der Waals surface area contributed by atoms with Gasteiger partial charge in [-0.25, -0.2) is 0 Å². The molecule has 0 saturated heterocycles. The van der Waals surface area contributed by atoms with Crippen molar-refractivity contribution < 1.29 is 9.53 Å². The van der Waals surface area contributed by atoms with Gasteiger partial charge in [-0.3, -0.25) is 4.79 Å². The molecule has 0 aliphatic carbocycles. The van der Waals surface area contributed by atoms with Crippen molar-refractivity contribution in [3.05, 3.63) is 40.4 Å². The van der Waals surface area contributed by atoms with Crippen LogP contribution in [0.15, 0.2) is 29.8 Å². The Labute approximate surface area is 117 Å². The fourth-order valence-electron chi connectivity index (χ4n) is 2.07. The molecule has 0 saturated carbocycles. The van der Waals surface area contributed by atoms with Crippen molar-refractivity contribution in [1.82, 2.24) is 4.90 Å². The summed E-state index contributed by atoms with van der Waals surface area (Å²) >= 11 is 5.85. The minimum absolute atomic E-state index is 0.0175. The van der Waals surface area contributed by atoms with Gasteiger partial charge in [-0.2, -0.15) is 0 Å². The lowest BCUT2D eigenvalue weighted by Gasteiger charge is -2.26. The summed E-state index contributed by atoms with van der Waals surface area (Å²) in [6, 6.07) is 4.98. The summed E-state index contributed by atoms with van der Waals surface area (Å²) in [6.07, 6.45) is 2.90. The second-order valence-electron chi connectivity index (χ2n) is 4.53.